The molecule has 4 rings (SSSR count). The van der Waals surface area contributed by atoms with Crippen molar-refractivity contribution in [3.8, 4) is 5.75 Å². The Labute approximate surface area is 116 Å². The van der Waals surface area contributed by atoms with E-state index in [0.29, 0.717) is 0 Å². The summed E-state index contributed by atoms with van der Waals surface area (Å²) in [4.78, 5) is 18.1. The fourth-order valence-corrected chi connectivity index (χ4v) is 3.05. The highest BCUT2D eigenvalue weighted by atomic mass is 16.6. The maximum absolute atomic E-state index is 12.5. The van der Waals surface area contributed by atoms with Crippen LogP contribution in [0.5, 0.6) is 5.75 Å². The van der Waals surface area contributed by atoms with Crippen LogP contribution in [0, 0.1) is 5.92 Å². The van der Waals surface area contributed by atoms with Crippen molar-refractivity contribution in [2.45, 2.75) is 24.8 Å². The van der Waals surface area contributed by atoms with E-state index in [4.69, 9.17) is 20.4 Å². The number of hydrogen-bond donors (Lipinski definition) is 3. The summed E-state index contributed by atoms with van der Waals surface area (Å²) in [7, 11) is -0.190. The molecule has 0 radical (unpaired) electrons. The second kappa shape index (κ2) is 4.36. The van der Waals surface area contributed by atoms with Gasteiger partial charge < -0.3 is 25.3 Å². The molecule has 1 amide bonds. The largest absolute Gasteiger partial charge is 0.707 e. The zero-order valence-corrected chi connectivity index (χ0v) is 11.1. The molecular weight excluding hydrogens is 261 g/mol. The average molecular weight is 277 g/mol. The van der Waals surface area contributed by atoms with Crippen molar-refractivity contribution in [3.05, 3.63) is 17.8 Å². The van der Waals surface area contributed by atoms with E-state index in [1.54, 1.807) is 11.9 Å². The first-order valence-electron chi connectivity index (χ1n) is 6.48. The Morgan fingerprint density at radius 3 is 2.70 bits per heavy atom. The molecule has 3 saturated carbocycles. The Morgan fingerprint density at radius 1 is 1.55 bits per heavy atom. The molecule has 3 aliphatic rings. The van der Waals surface area contributed by atoms with Crippen LogP contribution in [0.4, 0.5) is 5.82 Å². The molecule has 1 aromatic heterocycles. The first-order chi connectivity index (χ1) is 9.41. The molecule has 0 unspecified atom stereocenters. The molecule has 3 aliphatic carbocycles. The van der Waals surface area contributed by atoms with Gasteiger partial charge >= 0.3 is 7.32 Å². The quantitative estimate of drug-likeness (QED) is 0.648. The van der Waals surface area contributed by atoms with E-state index in [1.165, 1.54) is 12.3 Å². The van der Waals surface area contributed by atoms with E-state index in [2.05, 4.69) is 4.98 Å². The first-order valence-corrected chi connectivity index (χ1v) is 6.48. The Bertz CT molecular complexity index is 549. The topological polar surface area (TPSA) is 109 Å². The summed E-state index contributed by atoms with van der Waals surface area (Å²) in [6.45, 7) is 0. The van der Waals surface area contributed by atoms with E-state index in [1.807, 2.05) is 0 Å². The normalized spacial score (nSPS) is 26.2. The van der Waals surface area contributed by atoms with Crippen LogP contribution in [0.1, 0.15) is 29.6 Å². The Hall–Kier alpha value is -1.80. The van der Waals surface area contributed by atoms with Gasteiger partial charge in [0.15, 0.2) is 0 Å². The summed E-state index contributed by atoms with van der Waals surface area (Å²) in [6, 6.07) is 1.38. The highest BCUT2D eigenvalue weighted by molar-refractivity contribution is 6.33. The lowest BCUT2D eigenvalue weighted by atomic mass is 9.49. The molecule has 0 atom stereocenters. The van der Waals surface area contributed by atoms with Gasteiger partial charge in [0.05, 0.1) is 11.8 Å². The van der Waals surface area contributed by atoms with Crippen molar-refractivity contribution in [2.75, 3.05) is 12.8 Å². The Morgan fingerprint density at radius 2 is 2.20 bits per heavy atom. The smallest absolute Gasteiger partial charge is 0.511 e. The average Bonchev–Trinajstić information content (AvgIpc) is 2.26. The number of carbonyl (C=O) groups is 1. The van der Waals surface area contributed by atoms with E-state index < -0.39 is 7.32 Å². The van der Waals surface area contributed by atoms with Crippen LogP contribution in [-0.4, -0.2) is 45.7 Å². The molecule has 0 spiro atoms. The molecule has 7 nitrogen and oxygen atoms in total. The van der Waals surface area contributed by atoms with Gasteiger partial charge in [0.1, 0.15) is 11.6 Å². The van der Waals surface area contributed by atoms with Crippen molar-refractivity contribution in [1.29, 1.82) is 0 Å². The maximum atomic E-state index is 12.5. The predicted octanol–water partition coefficient (Wildman–Crippen LogP) is -0.363. The number of pyridine rings is 1. The van der Waals surface area contributed by atoms with Crippen molar-refractivity contribution in [3.63, 3.8) is 0 Å². The van der Waals surface area contributed by atoms with Crippen LogP contribution >= 0.6 is 0 Å². The lowest BCUT2D eigenvalue weighted by Crippen LogP contribution is -2.68. The van der Waals surface area contributed by atoms with Crippen LogP contribution < -0.4 is 10.4 Å². The number of rotatable bonds is 4. The van der Waals surface area contributed by atoms with E-state index in [0.717, 1.165) is 25.2 Å². The summed E-state index contributed by atoms with van der Waals surface area (Å²) in [5, 5.41) is 17.6. The minimum atomic E-state index is -1.96. The maximum Gasteiger partial charge on any atom is 0.707 e. The molecule has 3 fully saturated rings. The molecule has 4 N–H and O–H groups in total. The third kappa shape index (κ3) is 1.92. The molecule has 0 aromatic carbocycles. The summed E-state index contributed by atoms with van der Waals surface area (Å²) >= 11 is 0. The van der Waals surface area contributed by atoms with Gasteiger partial charge in [0.2, 0.25) is 0 Å². The van der Waals surface area contributed by atoms with Gasteiger partial charge in [0.25, 0.3) is 5.91 Å². The number of nitrogens with zero attached hydrogens (tertiary/aromatic N) is 2. The van der Waals surface area contributed by atoms with Gasteiger partial charge in [-0.2, -0.15) is 0 Å². The zero-order valence-electron chi connectivity index (χ0n) is 11.1. The van der Waals surface area contributed by atoms with Crippen LogP contribution in [0.2, 0.25) is 0 Å². The molecule has 106 valence electrons. The number of anilines is 1. The standard InChI is InChI=1S/C12H16BN3O4/c1-16(12-3-7(4-12)5-12)11(17)9-2-8(20-13(18)19)6-15-10(9)14/h2,6-7,18-19H,3-5H2,1H3,(H2,14,15). The van der Waals surface area contributed by atoms with Crippen molar-refractivity contribution >= 4 is 19.0 Å². The van der Waals surface area contributed by atoms with Crippen LogP contribution in [0.15, 0.2) is 12.3 Å². The number of aromatic nitrogens is 1. The van der Waals surface area contributed by atoms with Gasteiger partial charge in [-0.3, -0.25) is 4.79 Å². The van der Waals surface area contributed by atoms with Gasteiger partial charge in [0, 0.05) is 12.6 Å². The van der Waals surface area contributed by atoms with E-state index >= 15 is 0 Å². The van der Waals surface area contributed by atoms with Crippen LogP contribution in [0.3, 0.4) is 0 Å². The van der Waals surface area contributed by atoms with Crippen LogP contribution in [-0.2, 0) is 0 Å². The lowest BCUT2D eigenvalue weighted by Gasteiger charge is -2.65. The lowest BCUT2D eigenvalue weighted by molar-refractivity contribution is -0.114. The van der Waals surface area contributed by atoms with Crippen molar-refractivity contribution in [2.24, 2.45) is 5.92 Å². The fraction of sp³-hybridized carbons (Fsp3) is 0.500. The zero-order chi connectivity index (χ0) is 14.5. The fourth-order valence-electron chi connectivity index (χ4n) is 3.05. The van der Waals surface area contributed by atoms with Gasteiger partial charge in [-0.1, -0.05) is 0 Å². The van der Waals surface area contributed by atoms with E-state index in [9.17, 15) is 4.79 Å². The first kappa shape index (κ1) is 13.2. The molecule has 0 aliphatic heterocycles. The Balaban J connectivity index is 1.82. The predicted molar refractivity (Wildman–Crippen MR) is 71.6 cm³/mol. The third-order valence-electron chi connectivity index (χ3n) is 4.39. The highest BCUT2D eigenvalue weighted by Gasteiger charge is 2.60. The van der Waals surface area contributed by atoms with Gasteiger partial charge in [-0.25, -0.2) is 4.98 Å². The molecular formula is C12H16BN3O4. The number of amides is 1. The second-order valence-corrected chi connectivity index (χ2v) is 5.61. The third-order valence-corrected chi connectivity index (χ3v) is 4.39. The van der Waals surface area contributed by atoms with Crippen LogP contribution in [0.25, 0.3) is 0 Å². The number of carbonyl (C=O) groups excluding carboxylic acids is 1. The second-order valence-electron chi connectivity index (χ2n) is 5.61. The monoisotopic (exact) mass is 277 g/mol. The summed E-state index contributed by atoms with van der Waals surface area (Å²) in [6.07, 6.45) is 4.39. The van der Waals surface area contributed by atoms with Crippen molar-refractivity contribution in [1.82, 2.24) is 9.88 Å². The Kier molecular flexibility index (Phi) is 2.88. The molecule has 0 saturated heterocycles. The molecule has 2 bridgehead atoms. The summed E-state index contributed by atoms with van der Waals surface area (Å²) in [5.41, 5.74) is 5.94. The minimum Gasteiger partial charge on any atom is -0.511 e. The van der Waals surface area contributed by atoms with E-state index in [-0.39, 0.29) is 28.6 Å². The SMILES string of the molecule is CN(C(=O)c1cc(OB(O)O)cnc1N)C12CC(C1)C2. The molecule has 20 heavy (non-hydrogen) atoms. The molecule has 1 heterocycles. The summed E-state index contributed by atoms with van der Waals surface area (Å²) in [5.74, 6) is 0.739. The highest BCUT2D eigenvalue weighted by Crippen LogP contribution is 2.60. The van der Waals surface area contributed by atoms with Crippen molar-refractivity contribution < 1.29 is 19.5 Å². The number of nitrogens with two attached hydrogens (primary N) is 1. The molecule has 8 heteroatoms. The number of nitrogen functional groups attached to an aromatic ring is 1. The summed E-state index contributed by atoms with van der Waals surface area (Å²) < 4.78 is 4.70. The van der Waals surface area contributed by atoms with Gasteiger partial charge in [-0.05, 0) is 31.2 Å². The number of hydrogen-bond acceptors (Lipinski definition) is 6. The van der Waals surface area contributed by atoms with Gasteiger partial charge in [-0.15, -0.1) is 0 Å². The molecule has 1 aromatic rings. The minimum absolute atomic E-state index is 0.0124.